The highest BCUT2D eigenvalue weighted by atomic mass is 19.1. The Kier molecular flexibility index (Phi) is 4.87. The molecule has 2 N–H and O–H groups in total. The standard InChI is InChI=1S/C16H15F2NO2/c17-13-6-12(7-14(18)9-13)10-21-16(20)5-4-11-2-1-3-15(19)8-11/h1-3,6-9H,4-5,10,19H2. The molecule has 3 nitrogen and oxygen atoms in total. The fraction of sp³-hybridized carbons (Fsp3) is 0.188. The van der Waals surface area contributed by atoms with E-state index in [1.165, 1.54) is 0 Å². The van der Waals surface area contributed by atoms with Crippen LogP contribution in [0, 0.1) is 11.6 Å². The number of nitrogens with two attached hydrogens (primary N) is 1. The highest BCUT2D eigenvalue weighted by Gasteiger charge is 2.06. The number of nitrogen functional groups attached to an aromatic ring is 1. The number of carbonyl (C=O) groups is 1. The summed E-state index contributed by atoms with van der Waals surface area (Å²) >= 11 is 0. The van der Waals surface area contributed by atoms with E-state index in [2.05, 4.69) is 0 Å². The maximum absolute atomic E-state index is 13.0. The molecule has 0 saturated heterocycles. The number of esters is 1. The summed E-state index contributed by atoms with van der Waals surface area (Å²) in [6.07, 6.45) is 0.683. The van der Waals surface area contributed by atoms with E-state index in [1.807, 2.05) is 12.1 Å². The molecular weight excluding hydrogens is 276 g/mol. The molecule has 0 bridgehead atoms. The van der Waals surface area contributed by atoms with Crippen molar-refractivity contribution in [2.45, 2.75) is 19.4 Å². The Balaban J connectivity index is 1.82. The number of halogens is 2. The van der Waals surface area contributed by atoms with Gasteiger partial charge in [0.2, 0.25) is 0 Å². The van der Waals surface area contributed by atoms with Gasteiger partial charge < -0.3 is 10.5 Å². The Morgan fingerprint density at radius 1 is 1.05 bits per heavy atom. The topological polar surface area (TPSA) is 52.3 Å². The Hall–Kier alpha value is -2.43. The van der Waals surface area contributed by atoms with Crippen LogP contribution in [0.1, 0.15) is 17.5 Å². The van der Waals surface area contributed by atoms with Crippen LogP contribution in [0.5, 0.6) is 0 Å². The molecule has 0 aliphatic heterocycles. The van der Waals surface area contributed by atoms with Gasteiger partial charge in [0.1, 0.15) is 18.2 Å². The van der Waals surface area contributed by atoms with Gasteiger partial charge in [-0.15, -0.1) is 0 Å². The number of rotatable bonds is 5. The molecule has 0 amide bonds. The van der Waals surface area contributed by atoms with Crippen LogP contribution in [-0.2, 0) is 22.6 Å². The molecule has 0 unspecified atom stereocenters. The maximum Gasteiger partial charge on any atom is 0.306 e. The summed E-state index contributed by atoms with van der Waals surface area (Å²) < 4.78 is 30.9. The molecule has 21 heavy (non-hydrogen) atoms. The van der Waals surface area contributed by atoms with Crippen LogP contribution < -0.4 is 5.73 Å². The van der Waals surface area contributed by atoms with Gasteiger partial charge >= 0.3 is 5.97 Å². The second-order valence-electron chi connectivity index (χ2n) is 4.68. The van der Waals surface area contributed by atoms with Crippen molar-refractivity contribution < 1.29 is 18.3 Å². The summed E-state index contributed by atoms with van der Waals surface area (Å²) in [4.78, 5) is 11.6. The molecule has 2 aromatic rings. The zero-order valence-corrected chi connectivity index (χ0v) is 11.3. The van der Waals surface area contributed by atoms with Crippen molar-refractivity contribution in [2.24, 2.45) is 0 Å². The molecule has 5 heteroatoms. The van der Waals surface area contributed by atoms with E-state index < -0.39 is 17.6 Å². The number of ether oxygens (including phenoxy) is 1. The Morgan fingerprint density at radius 2 is 1.76 bits per heavy atom. The summed E-state index contributed by atoms with van der Waals surface area (Å²) in [6, 6.07) is 10.3. The molecule has 2 aromatic carbocycles. The van der Waals surface area contributed by atoms with Crippen LogP contribution in [0.4, 0.5) is 14.5 Å². The highest BCUT2D eigenvalue weighted by Crippen LogP contribution is 2.11. The third-order valence-corrected chi connectivity index (χ3v) is 2.89. The molecule has 0 radical (unpaired) electrons. The van der Waals surface area contributed by atoms with Crippen molar-refractivity contribution in [3.8, 4) is 0 Å². The lowest BCUT2D eigenvalue weighted by Crippen LogP contribution is -2.06. The minimum Gasteiger partial charge on any atom is -0.461 e. The lowest BCUT2D eigenvalue weighted by Gasteiger charge is -2.06. The Bertz CT molecular complexity index is 624. The van der Waals surface area contributed by atoms with E-state index >= 15 is 0 Å². The van der Waals surface area contributed by atoms with E-state index in [0.29, 0.717) is 12.1 Å². The highest BCUT2D eigenvalue weighted by molar-refractivity contribution is 5.69. The third-order valence-electron chi connectivity index (χ3n) is 2.89. The van der Waals surface area contributed by atoms with Crippen LogP contribution in [0.15, 0.2) is 42.5 Å². The summed E-state index contributed by atoms with van der Waals surface area (Å²) in [5.41, 5.74) is 7.49. The molecule has 0 saturated carbocycles. The van der Waals surface area contributed by atoms with Gasteiger partial charge in [-0.2, -0.15) is 0 Å². The molecule has 0 aromatic heterocycles. The number of hydrogen-bond acceptors (Lipinski definition) is 3. The summed E-state index contributed by atoms with van der Waals surface area (Å²) in [5.74, 6) is -1.82. The molecule has 110 valence electrons. The first-order valence-electron chi connectivity index (χ1n) is 6.48. The molecule has 0 aliphatic carbocycles. The van der Waals surface area contributed by atoms with Gasteiger partial charge in [-0.05, 0) is 41.8 Å². The minimum absolute atomic E-state index is 0.148. The minimum atomic E-state index is -0.694. The van der Waals surface area contributed by atoms with Crippen LogP contribution >= 0.6 is 0 Å². The summed E-state index contributed by atoms with van der Waals surface area (Å²) in [6.45, 7) is -0.148. The first-order chi connectivity index (χ1) is 10.0. The molecule has 0 heterocycles. The van der Waals surface area contributed by atoms with Crippen molar-refractivity contribution in [3.05, 3.63) is 65.2 Å². The number of aryl methyl sites for hydroxylation is 1. The lowest BCUT2D eigenvalue weighted by atomic mass is 10.1. The molecule has 0 atom stereocenters. The van der Waals surface area contributed by atoms with Gasteiger partial charge in [0, 0.05) is 18.2 Å². The lowest BCUT2D eigenvalue weighted by molar-refractivity contribution is -0.144. The maximum atomic E-state index is 13.0. The molecular formula is C16H15F2NO2. The monoisotopic (exact) mass is 291 g/mol. The van der Waals surface area contributed by atoms with E-state index in [0.717, 1.165) is 23.8 Å². The molecule has 0 aliphatic rings. The first kappa shape index (κ1) is 15.0. The van der Waals surface area contributed by atoms with Crippen molar-refractivity contribution in [1.82, 2.24) is 0 Å². The third kappa shape index (κ3) is 4.87. The van der Waals surface area contributed by atoms with Gasteiger partial charge in [0.25, 0.3) is 0 Å². The van der Waals surface area contributed by atoms with Crippen molar-refractivity contribution >= 4 is 11.7 Å². The van der Waals surface area contributed by atoms with E-state index in [4.69, 9.17) is 10.5 Å². The predicted octanol–water partition coefficient (Wildman–Crippen LogP) is 3.22. The Morgan fingerprint density at radius 3 is 2.43 bits per heavy atom. The first-order valence-corrected chi connectivity index (χ1v) is 6.48. The van der Waals surface area contributed by atoms with Crippen LogP contribution in [0.25, 0.3) is 0 Å². The largest absolute Gasteiger partial charge is 0.461 e. The molecule has 2 rings (SSSR count). The van der Waals surface area contributed by atoms with Crippen LogP contribution in [0.3, 0.4) is 0 Å². The van der Waals surface area contributed by atoms with E-state index in [9.17, 15) is 13.6 Å². The van der Waals surface area contributed by atoms with Gasteiger partial charge in [-0.3, -0.25) is 4.79 Å². The molecule has 0 spiro atoms. The Labute approximate surface area is 121 Å². The zero-order valence-electron chi connectivity index (χ0n) is 11.3. The van der Waals surface area contributed by atoms with E-state index in [-0.39, 0.29) is 18.6 Å². The van der Waals surface area contributed by atoms with Gasteiger partial charge in [-0.25, -0.2) is 8.78 Å². The van der Waals surface area contributed by atoms with Crippen molar-refractivity contribution in [2.75, 3.05) is 5.73 Å². The number of hydrogen-bond donors (Lipinski definition) is 1. The zero-order chi connectivity index (χ0) is 15.2. The van der Waals surface area contributed by atoms with Gasteiger partial charge in [0.05, 0.1) is 0 Å². The van der Waals surface area contributed by atoms with E-state index in [1.54, 1.807) is 12.1 Å². The summed E-state index contributed by atoms with van der Waals surface area (Å²) in [5, 5.41) is 0. The number of anilines is 1. The quantitative estimate of drug-likeness (QED) is 0.679. The number of carbonyl (C=O) groups excluding carboxylic acids is 1. The van der Waals surface area contributed by atoms with Gasteiger partial charge in [0.15, 0.2) is 0 Å². The van der Waals surface area contributed by atoms with Crippen molar-refractivity contribution in [1.29, 1.82) is 0 Å². The number of benzene rings is 2. The van der Waals surface area contributed by atoms with Crippen molar-refractivity contribution in [3.63, 3.8) is 0 Å². The molecule has 0 fully saturated rings. The fourth-order valence-electron chi connectivity index (χ4n) is 1.93. The smallest absolute Gasteiger partial charge is 0.306 e. The van der Waals surface area contributed by atoms with Crippen LogP contribution in [0.2, 0.25) is 0 Å². The summed E-state index contributed by atoms with van der Waals surface area (Å²) in [7, 11) is 0. The average Bonchev–Trinajstić information content (AvgIpc) is 2.42. The average molecular weight is 291 g/mol. The predicted molar refractivity (Wildman–Crippen MR) is 75.3 cm³/mol. The second kappa shape index (κ2) is 6.83. The SMILES string of the molecule is Nc1cccc(CCC(=O)OCc2cc(F)cc(F)c2)c1. The normalized spacial score (nSPS) is 10.4. The second-order valence-corrected chi connectivity index (χ2v) is 4.68. The fourth-order valence-corrected chi connectivity index (χ4v) is 1.93. The van der Waals surface area contributed by atoms with Gasteiger partial charge in [-0.1, -0.05) is 12.1 Å². The van der Waals surface area contributed by atoms with Crippen LogP contribution in [-0.4, -0.2) is 5.97 Å².